The van der Waals surface area contributed by atoms with Crippen molar-refractivity contribution >= 4 is 43.7 Å². The minimum absolute atomic E-state index is 0.142. The smallest absolute Gasteiger partial charge is 0.164 e. The molecule has 3 aromatic heterocycles. The summed E-state index contributed by atoms with van der Waals surface area (Å²) in [6.45, 7) is 4.61. The maximum Gasteiger partial charge on any atom is 0.164 e. The summed E-state index contributed by atoms with van der Waals surface area (Å²) < 4.78 is 8.53. The molecule has 0 bridgehead atoms. The average Bonchev–Trinajstić information content (AvgIpc) is 3.91. The molecule has 12 rings (SSSR count). The number of nitrogens with zero attached hydrogens (tertiary/aromatic N) is 4. The van der Waals surface area contributed by atoms with E-state index in [1.807, 2.05) is 30.3 Å². The fourth-order valence-electron chi connectivity index (χ4n) is 9.31. The Morgan fingerprint density at radius 3 is 1.86 bits per heavy atom. The monoisotopic (exact) mass is 756 g/mol. The lowest BCUT2D eigenvalue weighted by Crippen LogP contribution is -2.15. The van der Waals surface area contributed by atoms with Gasteiger partial charge in [-0.2, -0.15) is 0 Å². The van der Waals surface area contributed by atoms with E-state index >= 15 is 0 Å². The Kier molecular flexibility index (Phi) is 7.20. The van der Waals surface area contributed by atoms with Crippen molar-refractivity contribution in [3.8, 4) is 62.1 Å². The molecule has 3 heterocycles. The number of para-hydroxylation sites is 2. The van der Waals surface area contributed by atoms with Crippen LogP contribution < -0.4 is 0 Å². The van der Waals surface area contributed by atoms with Gasteiger partial charge in [-0.15, -0.1) is 0 Å². The second-order valence-electron chi connectivity index (χ2n) is 16.0. The largest absolute Gasteiger partial charge is 0.456 e. The molecule has 0 aliphatic heterocycles. The Labute approximate surface area is 340 Å². The molecule has 11 aromatic rings. The Hall–Kier alpha value is -7.63. The third kappa shape index (κ3) is 5.21. The van der Waals surface area contributed by atoms with Crippen LogP contribution in [0.3, 0.4) is 0 Å². The van der Waals surface area contributed by atoms with Crippen LogP contribution in [-0.2, 0) is 5.41 Å². The summed E-state index contributed by atoms with van der Waals surface area (Å²) in [4.78, 5) is 15.5. The van der Waals surface area contributed by atoms with Gasteiger partial charge in [-0.05, 0) is 81.9 Å². The fraction of sp³-hybridized carbons (Fsp3) is 0.0556. The third-order valence-corrected chi connectivity index (χ3v) is 12.3. The van der Waals surface area contributed by atoms with Crippen LogP contribution in [0.2, 0.25) is 0 Å². The standard InChI is InChI=1S/C54H36N4O/c1-54(2)45-20-9-6-17-39(45)40-26-24-37(31-46(40)54)53-56-51(33-13-4-3-5-14-33)55-52(57-53)36-15-12-16-38(29-36)58-47-21-10-7-18-41(47)42-27-23-35(32-48(42)58)34-25-28-50-44(30-34)43-19-8-11-22-49(43)59-50/h3-32H,1-2H3. The summed E-state index contributed by atoms with van der Waals surface area (Å²) in [5, 5.41) is 4.64. The van der Waals surface area contributed by atoms with Crippen molar-refractivity contribution in [2.75, 3.05) is 0 Å². The molecular weight excluding hydrogens is 721 g/mol. The van der Waals surface area contributed by atoms with E-state index in [-0.39, 0.29) is 5.41 Å². The number of hydrogen-bond donors (Lipinski definition) is 0. The van der Waals surface area contributed by atoms with Crippen LogP contribution in [0.1, 0.15) is 25.0 Å². The highest BCUT2D eigenvalue weighted by Crippen LogP contribution is 2.49. The maximum absolute atomic E-state index is 6.16. The zero-order valence-electron chi connectivity index (χ0n) is 32.5. The fourth-order valence-corrected chi connectivity index (χ4v) is 9.31. The van der Waals surface area contributed by atoms with Gasteiger partial charge < -0.3 is 8.98 Å². The van der Waals surface area contributed by atoms with Crippen molar-refractivity contribution < 1.29 is 4.42 Å². The van der Waals surface area contributed by atoms with Gasteiger partial charge in [-0.25, -0.2) is 15.0 Å². The molecule has 0 saturated carbocycles. The lowest BCUT2D eigenvalue weighted by Gasteiger charge is -2.21. The molecule has 5 heteroatoms. The molecule has 5 nitrogen and oxygen atoms in total. The number of benzene rings is 8. The van der Waals surface area contributed by atoms with Crippen LogP contribution in [0.5, 0.6) is 0 Å². The third-order valence-electron chi connectivity index (χ3n) is 12.3. The summed E-state index contributed by atoms with van der Waals surface area (Å²) in [5.74, 6) is 1.92. The van der Waals surface area contributed by atoms with E-state index in [0.717, 1.165) is 66.5 Å². The van der Waals surface area contributed by atoms with Crippen LogP contribution >= 0.6 is 0 Å². The zero-order chi connectivity index (χ0) is 39.2. The first-order valence-corrected chi connectivity index (χ1v) is 20.1. The van der Waals surface area contributed by atoms with Crippen LogP contribution in [0.15, 0.2) is 186 Å². The topological polar surface area (TPSA) is 56.7 Å². The first kappa shape index (κ1) is 33.5. The molecule has 278 valence electrons. The molecule has 8 aromatic carbocycles. The Morgan fingerprint density at radius 2 is 1.00 bits per heavy atom. The molecule has 0 fully saturated rings. The number of hydrogen-bond acceptors (Lipinski definition) is 4. The van der Waals surface area contributed by atoms with E-state index in [9.17, 15) is 0 Å². The average molecular weight is 757 g/mol. The molecular formula is C54H36N4O. The van der Waals surface area contributed by atoms with Crippen LogP contribution in [0, 0.1) is 0 Å². The van der Waals surface area contributed by atoms with Crippen molar-refractivity contribution in [1.29, 1.82) is 0 Å². The molecule has 0 spiro atoms. The molecule has 0 atom stereocenters. The van der Waals surface area contributed by atoms with Gasteiger partial charge in [-0.3, -0.25) is 0 Å². The second-order valence-corrected chi connectivity index (χ2v) is 16.0. The highest BCUT2D eigenvalue weighted by atomic mass is 16.3. The van der Waals surface area contributed by atoms with Crippen molar-refractivity contribution in [1.82, 2.24) is 19.5 Å². The lowest BCUT2D eigenvalue weighted by molar-refractivity contribution is 0.660. The predicted molar refractivity (Wildman–Crippen MR) is 241 cm³/mol. The molecule has 1 aliphatic carbocycles. The Morgan fingerprint density at radius 1 is 0.390 bits per heavy atom. The summed E-state index contributed by atoms with van der Waals surface area (Å²) in [7, 11) is 0. The van der Waals surface area contributed by atoms with Gasteiger partial charge in [0.05, 0.1) is 11.0 Å². The van der Waals surface area contributed by atoms with Gasteiger partial charge in [0.1, 0.15) is 11.2 Å². The molecule has 1 aliphatic rings. The van der Waals surface area contributed by atoms with Gasteiger partial charge in [0.15, 0.2) is 17.5 Å². The highest BCUT2D eigenvalue weighted by Gasteiger charge is 2.35. The van der Waals surface area contributed by atoms with Crippen LogP contribution in [0.25, 0.3) is 106 Å². The summed E-state index contributed by atoms with van der Waals surface area (Å²) in [6.07, 6.45) is 0. The number of aromatic nitrogens is 4. The minimum atomic E-state index is -0.142. The van der Waals surface area contributed by atoms with Crippen molar-refractivity contribution in [2.45, 2.75) is 19.3 Å². The van der Waals surface area contributed by atoms with Gasteiger partial charge in [0.25, 0.3) is 0 Å². The molecule has 0 amide bonds. The number of fused-ring (bicyclic) bond motifs is 9. The van der Waals surface area contributed by atoms with E-state index in [0.29, 0.717) is 17.5 Å². The Balaban J connectivity index is 1.01. The van der Waals surface area contributed by atoms with Crippen LogP contribution in [-0.4, -0.2) is 19.5 Å². The first-order valence-electron chi connectivity index (χ1n) is 20.1. The second kappa shape index (κ2) is 12.7. The predicted octanol–water partition coefficient (Wildman–Crippen LogP) is 13.8. The SMILES string of the molecule is CC1(C)c2ccccc2-c2ccc(-c3nc(-c4ccccc4)nc(-c4cccc(-n5c6ccccc6c6ccc(-c7ccc8oc9ccccc9c8c7)cc65)c4)n3)cc21. The van der Waals surface area contributed by atoms with E-state index < -0.39 is 0 Å². The number of furan rings is 1. The van der Waals surface area contributed by atoms with Crippen molar-refractivity contribution in [2.24, 2.45) is 0 Å². The van der Waals surface area contributed by atoms with E-state index in [1.54, 1.807) is 0 Å². The summed E-state index contributed by atoms with van der Waals surface area (Å²) >= 11 is 0. The van der Waals surface area contributed by atoms with Crippen molar-refractivity contribution in [3.63, 3.8) is 0 Å². The van der Waals surface area contributed by atoms with Crippen LogP contribution in [0.4, 0.5) is 0 Å². The first-order chi connectivity index (χ1) is 29.0. The molecule has 0 unspecified atom stereocenters. The van der Waals surface area contributed by atoms with Gasteiger partial charge >= 0.3 is 0 Å². The van der Waals surface area contributed by atoms with E-state index in [4.69, 9.17) is 19.4 Å². The van der Waals surface area contributed by atoms with Crippen molar-refractivity contribution in [3.05, 3.63) is 193 Å². The molecule has 0 saturated heterocycles. The van der Waals surface area contributed by atoms with Gasteiger partial charge in [-0.1, -0.05) is 147 Å². The summed E-state index contributed by atoms with van der Waals surface area (Å²) in [6, 6.07) is 64.3. The highest BCUT2D eigenvalue weighted by molar-refractivity contribution is 6.11. The number of rotatable bonds is 5. The zero-order valence-corrected chi connectivity index (χ0v) is 32.5. The van der Waals surface area contributed by atoms with E-state index in [2.05, 4.69) is 170 Å². The maximum atomic E-state index is 6.16. The Bertz CT molecular complexity index is 3480. The summed E-state index contributed by atoms with van der Waals surface area (Å²) in [5.41, 5.74) is 15.2. The normalized spacial score (nSPS) is 13.1. The van der Waals surface area contributed by atoms with E-state index in [1.165, 1.54) is 33.0 Å². The molecule has 59 heavy (non-hydrogen) atoms. The lowest BCUT2D eigenvalue weighted by atomic mass is 9.82. The minimum Gasteiger partial charge on any atom is -0.456 e. The molecule has 0 N–H and O–H groups in total. The quantitative estimate of drug-likeness (QED) is 0.175. The van der Waals surface area contributed by atoms with Gasteiger partial charge in [0.2, 0.25) is 0 Å². The van der Waals surface area contributed by atoms with Gasteiger partial charge in [0, 0.05) is 49.3 Å². The molecule has 0 radical (unpaired) electrons.